The molecule has 2 atom stereocenters. The number of ether oxygens (including phenoxy) is 1. The first-order chi connectivity index (χ1) is 20.5. The molecule has 0 aliphatic carbocycles. The van der Waals surface area contributed by atoms with Crippen LogP contribution in [0.5, 0.6) is 5.75 Å². The molecule has 2 aliphatic rings. The van der Waals surface area contributed by atoms with Gasteiger partial charge in [0.05, 0.1) is 22.5 Å². The van der Waals surface area contributed by atoms with E-state index in [0.29, 0.717) is 17.2 Å². The maximum absolute atomic E-state index is 12.4. The third kappa shape index (κ3) is 7.12. The zero-order valence-corrected chi connectivity index (χ0v) is 24.9. The summed E-state index contributed by atoms with van der Waals surface area (Å²) in [6, 6.07) is 33.0. The molecule has 6 rings (SSSR count). The monoisotopic (exact) mass is 578 g/mol. The zero-order valence-electron chi connectivity index (χ0n) is 24.1. The van der Waals surface area contributed by atoms with Crippen molar-refractivity contribution in [2.75, 3.05) is 13.1 Å². The molecular formula is C35H38N4O2S. The van der Waals surface area contributed by atoms with Gasteiger partial charge in [0.1, 0.15) is 5.75 Å². The molecule has 4 aromatic rings. The van der Waals surface area contributed by atoms with E-state index >= 15 is 0 Å². The predicted octanol–water partition coefficient (Wildman–Crippen LogP) is 6.50. The van der Waals surface area contributed by atoms with Crippen LogP contribution in [0.15, 0.2) is 97.1 Å². The highest BCUT2D eigenvalue weighted by molar-refractivity contribution is 7.99. The number of hydrazine groups is 1. The van der Waals surface area contributed by atoms with Gasteiger partial charge in [0, 0.05) is 13.1 Å². The summed E-state index contributed by atoms with van der Waals surface area (Å²) in [6.45, 7) is 6.05. The maximum Gasteiger partial charge on any atom is 0.343 e. The van der Waals surface area contributed by atoms with Gasteiger partial charge in [-0.15, -0.1) is 11.8 Å². The van der Waals surface area contributed by atoms with Crippen LogP contribution in [0.1, 0.15) is 67.1 Å². The quantitative estimate of drug-likeness (QED) is 0.140. The summed E-state index contributed by atoms with van der Waals surface area (Å²) < 4.78 is 5.55. The first kappa shape index (κ1) is 28.6. The van der Waals surface area contributed by atoms with Gasteiger partial charge in [-0.05, 0) is 79.1 Å². The summed E-state index contributed by atoms with van der Waals surface area (Å²) in [5.74, 6) is 0.780. The second kappa shape index (κ2) is 13.2. The van der Waals surface area contributed by atoms with E-state index in [9.17, 15) is 4.79 Å². The average molecular weight is 579 g/mol. The first-order valence-corrected chi connectivity index (χ1v) is 15.6. The van der Waals surface area contributed by atoms with Crippen LogP contribution in [0.4, 0.5) is 0 Å². The normalized spacial score (nSPS) is 22.1. The lowest BCUT2D eigenvalue weighted by molar-refractivity contribution is 0.0734. The van der Waals surface area contributed by atoms with Gasteiger partial charge in [0.15, 0.2) is 0 Å². The van der Waals surface area contributed by atoms with Crippen molar-refractivity contribution < 1.29 is 9.53 Å². The molecule has 6 nitrogen and oxygen atoms in total. The Balaban J connectivity index is 0.935. The number of esters is 1. The molecule has 2 aliphatic heterocycles. The smallest absolute Gasteiger partial charge is 0.343 e. The van der Waals surface area contributed by atoms with Crippen molar-refractivity contribution in [1.29, 1.82) is 0 Å². The number of carbonyl (C=O) groups excluding carboxylic acids is 1. The highest BCUT2D eigenvalue weighted by Crippen LogP contribution is 2.41. The van der Waals surface area contributed by atoms with Crippen molar-refractivity contribution in [3.8, 4) is 5.75 Å². The van der Waals surface area contributed by atoms with Gasteiger partial charge >= 0.3 is 5.97 Å². The second-order valence-electron chi connectivity index (χ2n) is 11.3. The number of benzene rings is 4. The summed E-state index contributed by atoms with van der Waals surface area (Å²) in [7, 11) is 0. The van der Waals surface area contributed by atoms with Gasteiger partial charge in [0.2, 0.25) is 0 Å². The van der Waals surface area contributed by atoms with Crippen molar-refractivity contribution >= 4 is 17.7 Å². The van der Waals surface area contributed by atoms with Crippen molar-refractivity contribution in [3.63, 3.8) is 0 Å². The fourth-order valence-corrected chi connectivity index (χ4v) is 6.56. The summed E-state index contributed by atoms with van der Waals surface area (Å²) in [4.78, 5) is 12.4. The fourth-order valence-electron chi connectivity index (χ4n) is 5.39. The van der Waals surface area contributed by atoms with E-state index in [-0.39, 0.29) is 22.9 Å². The Hall–Kier alpha value is -3.46. The predicted molar refractivity (Wildman–Crippen MR) is 170 cm³/mol. The first-order valence-electron chi connectivity index (χ1n) is 14.7. The molecule has 0 saturated carbocycles. The lowest BCUT2D eigenvalue weighted by atomic mass is 9.96. The Labute approximate surface area is 252 Å². The van der Waals surface area contributed by atoms with Crippen LogP contribution in [0.25, 0.3) is 0 Å². The van der Waals surface area contributed by atoms with Crippen LogP contribution in [-0.2, 0) is 6.42 Å². The maximum atomic E-state index is 12.4. The minimum absolute atomic E-state index is 0.0936. The second-order valence-corrected chi connectivity index (χ2v) is 12.5. The standard InChI is InChI=1S/C35H38N4O2S/c1-23-3-11-28(12-4-23)33-38-39-34(42-33)29-15-9-25(10-16-29)7-8-26-21-36-32(37-22-26)27-17-19-31(20-18-27)41-35(40)30-13-5-24(2)6-14-30/h3-6,9-20,26,32-34,36-39H,7-8,21-22H2,1-2H3. The summed E-state index contributed by atoms with van der Waals surface area (Å²) in [5.41, 5.74) is 14.9. The van der Waals surface area contributed by atoms with E-state index in [1.54, 1.807) is 12.1 Å². The molecule has 4 aromatic carbocycles. The molecule has 2 fully saturated rings. The number of rotatable bonds is 8. The summed E-state index contributed by atoms with van der Waals surface area (Å²) in [6.07, 6.45) is 2.29. The van der Waals surface area contributed by atoms with Gasteiger partial charge in [0.25, 0.3) is 0 Å². The van der Waals surface area contributed by atoms with E-state index in [0.717, 1.165) is 37.1 Å². The van der Waals surface area contributed by atoms with Gasteiger partial charge in [-0.2, -0.15) is 0 Å². The molecule has 216 valence electrons. The van der Waals surface area contributed by atoms with E-state index in [2.05, 4.69) is 76.9 Å². The third-order valence-electron chi connectivity index (χ3n) is 8.05. The van der Waals surface area contributed by atoms with Crippen molar-refractivity contribution in [1.82, 2.24) is 21.5 Å². The Kier molecular flexibility index (Phi) is 9.03. The molecule has 2 heterocycles. The van der Waals surface area contributed by atoms with Crippen molar-refractivity contribution in [2.45, 2.75) is 43.6 Å². The average Bonchev–Trinajstić information content (AvgIpc) is 3.52. The van der Waals surface area contributed by atoms with Gasteiger partial charge < -0.3 is 4.74 Å². The van der Waals surface area contributed by atoms with E-state index in [1.165, 1.54) is 22.3 Å². The van der Waals surface area contributed by atoms with Crippen LogP contribution in [0.3, 0.4) is 0 Å². The van der Waals surface area contributed by atoms with Crippen LogP contribution in [0, 0.1) is 19.8 Å². The topological polar surface area (TPSA) is 74.4 Å². The lowest BCUT2D eigenvalue weighted by Gasteiger charge is -2.31. The van der Waals surface area contributed by atoms with E-state index < -0.39 is 0 Å². The Morgan fingerprint density at radius 3 is 1.83 bits per heavy atom. The number of hydrogen-bond donors (Lipinski definition) is 4. The molecular weight excluding hydrogens is 540 g/mol. The number of nitrogens with one attached hydrogen (secondary N) is 4. The lowest BCUT2D eigenvalue weighted by Crippen LogP contribution is -2.46. The molecule has 0 bridgehead atoms. The Morgan fingerprint density at radius 2 is 1.24 bits per heavy atom. The summed E-state index contributed by atoms with van der Waals surface area (Å²) >= 11 is 1.90. The van der Waals surface area contributed by atoms with Crippen molar-refractivity contribution in [3.05, 3.63) is 136 Å². The fraction of sp³-hybridized carbons (Fsp3) is 0.286. The molecule has 0 radical (unpaired) electrons. The minimum atomic E-state index is -0.341. The third-order valence-corrected chi connectivity index (χ3v) is 9.38. The molecule has 4 N–H and O–H groups in total. The van der Waals surface area contributed by atoms with Gasteiger partial charge in [-0.1, -0.05) is 83.9 Å². The van der Waals surface area contributed by atoms with Gasteiger partial charge in [-0.25, -0.2) is 15.6 Å². The minimum Gasteiger partial charge on any atom is -0.423 e. The molecule has 42 heavy (non-hydrogen) atoms. The van der Waals surface area contributed by atoms with Crippen molar-refractivity contribution in [2.24, 2.45) is 5.92 Å². The number of hydrogen-bond acceptors (Lipinski definition) is 7. The van der Waals surface area contributed by atoms with Crippen LogP contribution in [0.2, 0.25) is 0 Å². The summed E-state index contributed by atoms with van der Waals surface area (Å²) in [5, 5.41) is 7.78. The largest absolute Gasteiger partial charge is 0.423 e. The molecule has 2 unspecified atom stereocenters. The number of carbonyl (C=O) groups is 1. The Bertz CT molecular complexity index is 1470. The number of aryl methyl sites for hydroxylation is 3. The van der Waals surface area contributed by atoms with E-state index in [1.807, 2.05) is 55.1 Å². The zero-order chi connectivity index (χ0) is 28.9. The molecule has 2 saturated heterocycles. The van der Waals surface area contributed by atoms with Gasteiger partial charge in [-0.3, -0.25) is 10.6 Å². The van der Waals surface area contributed by atoms with Crippen LogP contribution >= 0.6 is 11.8 Å². The number of thioether (sulfide) groups is 1. The Morgan fingerprint density at radius 1 is 0.714 bits per heavy atom. The molecule has 0 spiro atoms. The van der Waals surface area contributed by atoms with E-state index in [4.69, 9.17) is 4.74 Å². The highest BCUT2D eigenvalue weighted by Gasteiger charge is 2.27. The molecule has 7 heteroatoms. The van der Waals surface area contributed by atoms with Crippen LogP contribution < -0.4 is 26.2 Å². The SMILES string of the molecule is Cc1ccc(C(=O)Oc2ccc(C3NCC(CCc4ccc(C5NNC(c6ccc(C)cc6)S5)cc4)CN3)cc2)cc1. The molecule has 0 aromatic heterocycles. The highest BCUT2D eigenvalue weighted by atomic mass is 32.2. The molecule has 0 amide bonds. The van der Waals surface area contributed by atoms with Crippen LogP contribution in [-0.4, -0.2) is 19.1 Å².